The molecule has 0 saturated carbocycles. The first-order valence-electron chi connectivity index (χ1n) is 14.7. The Morgan fingerprint density at radius 2 is 1.57 bits per heavy atom. The first-order chi connectivity index (χ1) is 22.1. The Morgan fingerprint density at radius 3 is 2.30 bits per heavy atom. The molecule has 6 rings (SSSR count). The Kier molecular flexibility index (Phi) is 7.94. The molecule has 4 aromatic carbocycles. The second-order valence-electron chi connectivity index (χ2n) is 11.9. The highest BCUT2D eigenvalue weighted by Gasteiger charge is 2.22. The van der Waals surface area contributed by atoms with E-state index in [4.69, 9.17) is 15.6 Å². The van der Waals surface area contributed by atoms with E-state index < -0.39 is 11.9 Å². The monoisotopic (exact) mass is 611 g/mol. The quantitative estimate of drug-likeness (QED) is 0.170. The Labute approximate surface area is 266 Å². The second-order valence-corrected chi connectivity index (χ2v) is 11.9. The molecule has 10 heteroatoms. The number of ether oxygens (including phenoxy) is 1. The first kappa shape index (κ1) is 30.0. The summed E-state index contributed by atoms with van der Waals surface area (Å²) in [6.45, 7) is 8.27. The van der Waals surface area contributed by atoms with Crippen LogP contribution in [0.5, 0.6) is 11.6 Å². The van der Waals surface area contributed by atoms with Crippen LogP contribution in [0.4, 0.5) is 16.3 Å². The number of hydrogen-bond acceptors (Lipinski definition) is 6. The molecule has 0 aliphatic carbocycles. The maximum Gasteiger partial charge on any atom is 0.324 e. The average molecular weight is 612 g/mol. The summed E-state index contributed by atoms with van der Waals surface area (Å²) in [4.78, 5) is 34.2. The van der Waals surface area contributed by atoms with Gasteiger partial charge >= 0.3 is 6.03 Å². The van der Waals surface area contributed by atoms with Crippen LogP contribution in [0.1, 0.15) is 42.4 Å². The number of nitrogens with two attached hydrogens (primary N) is 1. The summed E-state index contributed by atoms with van der Waals surface area (Å²) in [6, 6.07) is 29.1. The number of hydrogen-bond donors (Lipinski definition) is 3. The van der Waals surface area contributed by atoms with Gasteiger partial charge in [-0.05, 0) is 37.3 Å². The van der Waals surface area contributed by atoms with Crippen LogP contribution in [0.2, 0.25) is 0 Å². The summed E-state index contributed by atoms with van der Waals surface area (Å²) in [5.41, 5.74) is 9.58. The van der Waals surface area contributed by atoms with Crippen LogP contribution in [0.15, 0.2) is 103 Å². The second kappa shape index (κ2) is 12.2. The lowest BCUT2D eigenvalue weighted by molar-refractivity contribution is 0.100. The number of rotatable bonds is 7. The van der Waals surface area contributed by atoms with E-state index in [1.807, 2.05) is 61.5 Å². The van der Waals surface area contributed by atoms with E-state index in [-0.39, 0.29) is 11.3 Å². The fourth-order valence-corrected chi connectivity index (χ4v) is 4.99. The third-order valence-corrected chi connectivity index (χ3v) is 7.41. The molecule has 0 saturated heterocycles. The number of carbonyl (C=O) groups excluding carboxylic acids is 2. The van der Waals surface area contributed by atoms with Crippen molar-refractivity contribution >= 4 is 34.2 Å². The number of urea groups is 1. The average Bonchev–Trinajstić information content (AvgIpc) is 3.47. The maximum atomic E-state index is 13.4. The van der Waals surface area contributed by atoms with Crippen LogP contribution in [-0.4, -0.2) is 31.7 Å². The van der Waals surface area contributed by atoms with Crippen molar-refractivity contribution in [2.45, 2.75) is 33.1 Å². The molecule has 2 heterocycles. The van der Waals surface area contributed by atoms with Crippen molar-refractivity contribution in [1.29, 1.82) is 0 Å². The molecule has 0 unspecified atom stereocenters. The normalized spacial score (nSPS) is 11.3. The third-order valence-electron chi connectivity index (χ3n) is 7.41. The van der Waals surface area contributed by atoms with Crippen molar-refractivity contribution in [3.05, 3.63) is 120 Å². The number of aryl methyl sites for hydroxylation is 1. The molecule has 0 fully saturated rings. The Hall–Kier alpha value is -6.03. The third kappa shape index (κ3) is 6.27. The van der Waals surface area contributed by atoms with Crippen LogP contribution >= 0.6 is 0 Å². The highest BCUT2D eigenvalue weighted by atomic mass is 16.5. The molecule has 2 aromatic heterocycles. The zero-order chi connectivity index (χ0) is 32.4. The highest BCUT2D eigenvalue weighted by Crippen LogP contribution is 2.35. The lowest BCUT2D eigenvalue weighted by Gasteiger charge is -2.14. The number of amides is 3. The number of benzene rings is 4. The van der Waals surface area contributed by atoms with Crippen molar-refractivity contribution < 1.29 is 14.3 Å². The van der Waals surface area contributed by atoms with Crippen LogP contribution in [0.3, 0.4) is 0 Å². The molecule has 4 N–H and O–H groups in total. The van der Waals surface area contributed by atoms with Crippen molar-refractivity contribution in [3.8, 4) is 28.7 Å². The van der Waals surface area contributed by atoms with Gasteiger partial charge < -0.3 is 15.8 Å². The maximum absolute atomic E-state index is 13.4. The topological polar surface area (TPSA) is 137 Å². The number of aromatic nitrogens is 4. The molecule has 0 spiro atoms. The number of nitrogens with one attached hydrogen (secondary N) is 2. The first-order valence-corrected chi connectivity index (χ1v) is 14.7. The van der Waals surface area contributed by atoms with Crippen LogP contribution in [0.25, 0.3) is 27.8 Å². The van der Waals surface area contributed by atoms with Gasteiger partial charge in [-0.15, -0.1) is 0 Å². The fraction of sp³-hybridized carbons (Fsp3) is 0.139. The van der Waals surface area contributed by atoms with E-state index in [2.05, 4.69) is 41.4 Å². The van der Waals surface area contributed by atoms with E-state index in [0.29, 0.717) is 34.2 Å². The Morgan fingerprint density at radius 1 is 0.848 bits per heavy atom. The van der Waals surface area contributed by atoms with Crippen molar-refractivity contribution in [3.63, 3.8) is 0 Å². The molecule has 6 aromatic rings. The van der Waals surface area contributed by atoms with E-state index in [1.165, 1.54) is 0 Å². The van der Waals surface area contributed by atoms with Gasteiger partial charge in [0, 0.05) is 40.1 Å². The van der Waals surface area contributed by atoms with E-state index in [9.17, 15) is 9.59 Å². The number of primary amides is 1. The molecule has 0 aliphatic rings. The summed E-state index contributed by atoms with van der Waals surface area (Å²) in [6.07, 6.45) is 1.56. The lowest BCUT2D eigenvalue weighted by atomic mass is 9.92. The summed E-state index contributed by atoms with van der Waals surface area (Å²) >= 11 is 0. The molecule has 0 atom stereocenters. The molecule has 0 bridgehead atoms. The number of carbonyl (C=O) groups is 2. The summed E-state index contributed by atoms with van der Waals surface area (Å²) in [5, 5.41) is 12.3. The van der Waals surface area contributed by atoms with Gasteiger partial charge in [-0.25, -0.2) is 14.5 Å². The van der Waals surface area contributed by atoms with Gasteiger partial charge in [0.1, 0.15) is 11.6 Å². The largest absolute Gasteiger partial charge is 0.438 e. The number of fused-ring (bicyclic) bond motifs is 1. The Balaban J connectivity index is 1.27. The van der Waals surface area contributed by atoms with Gasteiger partial charge in [-0.3, -0.25) is 10.1 Å². The summed E-state index contributed by atoms with van der Waals surface area (Å²) in [5.74, 6) is 1.10. The van der Waals surface area contributed by atoms with Crippen molar-refractivity contribution in [2.75, 3.05) is 10.6 Å². The minimum absolute atomic E-state index is 0.218. The highest BCUT2D eigenvalue weighted by molar-refractivity contribution is 6.07. The molecule has 0 radical (unpaired) electrons. The van der Waals surface area contributed by atoms with Gasteiger partial charge in [-0.2, -0.15) is 10.1 Å². The predicted molar refractivity (Wildman–Crippen MR) is 180 cm³/mol. The standard InChI is InChI=1S/C36H33N7O3/c1-22-13-15-23(16-14-22)43-31(21-30(42-43)36(2,3)4)40-35(45)39-28-17-18-29(25-10-6-5-9-24(25)28)46-32-19-20-38-34(41-32)27-12-8-7-11-26(27)33(37)44/h5-21H,1-4H3,(H2,37,44)(H2,39,40,45). The van der Waals surface area contributed by atoms with Gasteiger partial charge in [0.15, 0.2) is 5.82 Å². The van der Waals surface area contributed by atoms with E-state index in [1.54, 1.807) is 53.3 Å². The van der Waals surface area contributed by atoms with E-state index in [0.717, 1.165) is 27.7 Å². The molecule has 230 valence electrons. The molecular formula is C36H33N7O3. The minimum Gasteiger partial charge on any atom is -0.438 e. The molecular weight excluding hydrogens is 578 g/mol. The lowest BCUT2D eigenvalue weighted by Crippen LogP contribution is -2.21. The smallest absolute Gasteiger partial charge is 0.324 e. The van der Waals surface area contributed by atoms with Gasteiger partial charge in [0.25, 0.3) is 0 Å². The van der Waals surface area contributed by atoms with Crippen LogP contribution in [0, 0.1) is 6.92 Å². The van der Waals surface area contributed by atoms with Gasteiger partial charge in [0.2, 0.25) is 11.8 Å². The Bertz CT molecular complexity index is 2080. The summed E-state index contributed by atoms with van der Waals surface area (Å²) in [7, 11) is 0. The van der Waals surface area contributed by atoms with Crippen LogP contribution < -0.4 is 21.1 Å². The number of nitrogens with zero attached hydrogens (tertiary/aromatic N) is 4. The number of anilines is 2. The summed E-state index contributed by atoms with van der Waals surface area (Å²) < 4.78 is 7.95. The SMILES string of the molecule is Cc1ccc(-n2nc(C(C)(C)C)cc2NC(=O)Nc2ccc(Oc3ccnc(-c4ccccc4C(N)=O)n3)c3ccccc23)cc1. The predicted octanol–water partition coefficient (Wildman–Crippen LogP) is 7.62. The zero-order valence-electron chi connectivity index (χ0n) is 25.9. The van der Waals surface area contributed by atoms with Crippen LogP contribution in [-0.2, 0) is 5.41 Å². The minimum atomic E-state index is -0.571. The van der Waals surface area contributed by atoms with E-state index >= 15 is 0 Å². The molecule has 3 amide bonds. The van der Waals surface area contributed by atoms with Crippen molar-refractivity contribution in [2.24, 2.45) is 5.73 Å². The fourth-order valence-electron chi connectivity index (χ4n) is 4.99. The molecule has 0 aliphatic heterocycles. The van der Waals surface area contributed by atoms with Gasteiger partial charge in [0.05, 0.1) is 22.6 Å². The molecule has 10 nitrogen and oxygen atoms in total. The van der Waals surface area contributed by atoms with Gasteiger partial charge in [-0.1, -0.05) is 80.9 Å². The molecule has 46 heavy (non-hydrogen) atoms. The zero-order valence-corrected chi connectivity index (χ0v) is 25.9. The van der Waals surface area contributed by atoms with Crippen molar-refractivity contribution in [1.82, 2.24) is 19.7 Å².